The number of benzene rings is 2. The van der Waals surface area contributed by atoms with Crippen molar-refractivity contribution in [3.63, 3.8) is 0 Å². The zero-order valence-electron chi connectivity index (χ0n) is 16.3. The minimum Gasteiger partial charge on any atom is -0.465 e. The van der Waals surface area contributed by atoms with E-state index in [4.69, 9.17) is 4.74 Å². The second-order valence-electron chi connectivity index (χ2n) is 8.51. The third-order valence-corrected chi connectivity index (χ3v) is 7.14. The molecule has 4 atom stereocenters. The Bertz CT molecular complexity index is 844. The van der Waals surface area contributed by atoms with E-state index < -0.39 is 0 Å². The summed E-state index contributed by atoms with van der Waals surface area (Å²) in [4.78, 5) is 11.7. The molecule has 2 aliphatic carbocycles. The zero-order valence-corrected chi connectivity index (χ0v) is 16.3. The minimum atomic E-state index is -0.387. The van der Waals surface area contributed by atoms with Gasteiger partial charge in [-0.2, -0.15) is 0 Å². The van der Waals surface area contributed by atoms with Gasteiger partial charge in [0.2, 0.25) is 0 Å². The molecular formula is C24H29FO2. The van der Waals surface area contributed by atoms with Gasteiger partial charge >= 0.3 is 5.97 Å². The van der Waals surface area contributed by atoms with Crippen molar-refractivity contribution in [2.45, 2.75) is 57.8 Å². The highest BCUT2D eigenvalue weighted by molar-refractivity contribution is 5.95. The molecule has 2 fully saturated rings. The molecular weight excluding hydrogens is 339 g/mol. The summed E-state index contributed by atoms with van der Waals surface area (Å²) in [6.45, 7) is 2.31. The van der Waals surface area contributed by atoms with Crippen molar-refractivity contribution in [1.29, 1.82) is 0 Å². The average molecular weight is 368 g/mol. The van der Waals surface area contributed by atoms with Crippen LogP contribution in [0.15, 0.2) is 30.3 Å². The number of carbonyl (C=O) groups excluding carboxylic acids is 1. The Balaban J connectivity index is 1.57. The Labute approximate surface area is 161 Å². The third-order valence-electron chi connectivity index (χ3n) is 7.14. The zero-order chi connectivity index (χ0) is 19.0. The summed E-state index contributed by atoms with van der Waals surface area (Å²) in [6, 6.07) is 9.00. The largest absolute Gasteiger partial charge is 0.465 e. The van der Waals surface area contributed by atoms with Crippen molar-refractivity contribution in [2.24, 2.45) is 17.8 Å². The first-order valence-corrected chi connectivity index (χ1v) is 10.4. The molecule has 2 nitrogen and oxygen atoms in total. The summed E-state index contributed by atoms with van der Waals surface area (Å²) in [5.41, 5.74) is 1.33. The fraction of sp³-hybridized carbons (Fsp3) is 0.542. The lowest BCUT2D eigenvalue weighted by molar-refractivity contribution is 0.0601. The van der Waals surface area contributed by atoms with E-state index in [-0.39, 0.29) is 11.8 Å². The number of fused-ring (bicyclic) bond motifs is 2. The van der Waals surface area contributed by atoms with E-state index in [1.165, 1.54) is 39.2 Å². The van der Waals surface area contributed by atoms with Gasteiger partial charge in [0.1, 0.15) is 5.82 Å². The lowest BCUT2D eigenvalue weighted by Crippen LogP contribution is -2.30. The molecule has 0 bridgehead atoms. The van der Waals surface area contributed by atoms with Gasteiger partial charge in [-0.3, -0.25) is 0 Å². The molecule has 0 aromatic heterocycles. The number of hydrogen-bond acceptors (Lipinski definition) is 2. The first kappa shape index (κ1) is 18.5. The van der Waals surface area contributed by atoms with Crippen LogP contribution in [0.5, 0.6) is 0 Å². The lowest BCUT2D eigenvalue weighted by Gasteiger charge is -2.42. The summed E-state index contributed by atoms with van der Waals surface area (Å²) in [5.74, 6) is 2.37. The molecule has 0 aliphatic heterocycles. The Hall–Kier alpha value is -1.90. The summed E-state index contributed by atoms with van der Waals surface area (Å²) >= 11 is 0. The Kier molecular flexibility index (Phi) is 5.21. The Morgan fingerprint density at radius 2 is 1.85 bits per heavy atom. The number of rotatable bonds is 3. The van der Waals surface area contributed by atoms with E-state index in [0.29, 0.717) is 16.9 Å². The number of carbonyl (C=O) groups is 1. The first-order chi connectivity index (χ1) is 13.1. The van der Waals surface area contributed by atoms with E-state index in [0.717, 1.165) is 41.5 Å². The molecule has 3 heteroatoms. The molecule has 0 amide bonds. The third kappa shape index (κ3) is 3.49. The molecule has 4 unspecified atom stereocenters. The van der Waals surface area contributed by atoms with Crippen LogP contribution in [0, 0.1) is 23.6 Å². The van der Waals surface area contributed by atoms with Crippen LogP contribution in [0.1, 0.15) is 73.7 Å². The van der Waals surface area contributed by atoms with Crippen molar-refractivity contribution in [3.8, 4) is 0 Å². The van der Waals surface area contributed by atoms with Gasteiger partial charge in [0, 0.05) is 5.39 Å². The number of halogens is 1. The van der Waals surface area contributed by atoms with Gasteiger partial charge in [0.05, 0.1) is 12.7 Å². The first-order valence-electron chi connectivity index (χ1n) is 10.4. The predicted molar refractivity (Wildman–Crippen MR) is 106 cm³/mol. The van der Waals surface area contributed by atoms with Gasteiger partial charge in [-0.05, 0) is 78.9 Å². The fourth-order valence-corrected chi connectivity index (χ4v) is 5.51. The molecule has 4 rings (SSSR count). The van der Waals surface area contributed by atoms with Gasteiger partial charge in [-0.15, -0.1) is 0 Å². The normalized spacial score (nSPS) is 28.0. The van der Waals surface area contributed by atoms with Crippen LogP contribution in [0.4, 0.5) is 4.39 Å². The molecule has 0 saturated heterocycles. The second-order valence-corrected chi connectivity index (χ2v) is 8.51. The fourth-order valence-electron chi connectivity index (χ4n) is 5.51. The smallest absolute Gasteiger partial charge is 0.337 e. The highest BCUT2D eigenvalue weighted by Gasteiger charge is 2.36. The molecule has 27 heavy (non-hydrogen) atoms. The quantitative estimate of drug-likeness (QED) is 0.580. The van der Waals surface area contributed by atoms with E-state index >= 15 is 4.39 Å². The molecule has 144 valence electrons. The van der Waals surface area contributed by atoms with Crippen LogP contribution in [0.3, 0.4) is 0 Å². The van der Waals surface area contributed by atoms with Gasteiger partial charge in [0.15, 0.2) is 0 Å². The van der Waals surface area contributed by atoms with Crippen LogP contribution in [-0.4, -0.2) is 13.1 Å². The second kappa shape index (κ2) is 7.61. The molecule has 2 aromatic rings. The molecule has 0 radical (unpaired) electrons. The standard InChI is InChI=1S/C24H29FO2/c1-3-15-4-5-17-13-18(7-6-16(17)12-15)21-10-8-19-14-20(24(26)27-2)9-11-22(19)23(21)25/h8-11,14-18H,3-7,12-13H2,1-2H3. The molecule has 0 spiro atoms. The Morgan fingerprint density at radius 3 is 2.63 bits per heavy atom. The van der Waals surface area contributed by atoms with E-state index in [9.17, 15) is 4.79 Å². The predicted octanol–water partition coefficient (Wildman–Crippen LogP) is 6.48. The molecule has 2 aliphatic rings. The molecule has 0 heterocycles. The van der Waals surface area contributed by atoms with Gasteiger partial charge < -0.3 is 4.74 Å². The number of hydrogen-bond donors (Lipinski definition) is 0. The molecule has 2 saturated carbocycles. The van der Waals surface area contributed by atoms with Crippen LogP contribution < -0.4 is 0 Å². The van der Waals surface area contributed by atoms with E-state index in [1.54, 1.807) is 18.2 Å². The van der Waals surface area contributed by atoms with Crippen molar-refractivity contribution < 1.29 is 13.9 Å². The summed E-state index contributed by atoms with van der Waals surface area (Å²) in [7, 11) is 1.36. The van der Waals surface area contributed by atoms with Crippen molar-refractivity contribution in [3.05, 3.63) is 47.3 Å². The van der Waals surface area contributed by atoms with E-state index in [2.05, 4.69) is 6.92 Å². The number of ether oxygens (including phenoxy) is 1. The minimum absolute atomic E-state index is 0.102. The van der Waals surface area contributed by atoms with E-state index in [1.807, 2.05) is 12.1 Å². The lowest BCUT2D eigenvalue weighted by atomic mass is 9.63. The van der Waals surface area contributed by atoms with Crippen LogP contribution in [0.2, 0.25) is 0 Å². The Morgan fingerprint density at radius 1 is 1.07 bits per heavy atom. The van der Waals surface area contributed by atoms with Crippen molar-refractivity contribution in [2.75, 3.05) is 7.11 Å². The maximum Gasteiger partial charge on any atom is 0.337 e. The maximum absolute atomic E-state index is 15.3. The SMILES string of the molecule is CCC1CCC2CC(c3ccc4cc(C(=O)OC)ccc4c3F)CCC2C1. The highest BCUT2D eigenvalue weighted by atomic mass is 19.1. The van der Waals surface area contributed by atoms with Crippen LogP contribution in [-0.2, 0) is 4.74 Å². The highest BCUT2D eigenvalue weighted by Crippen LogP contribution is 2.48. The maximum atomic E-state index is 15.3. The topological polar surface area (TPSA) is 26.3 Å². The summed E-state index contributed by atoms with van der Waals surface area (Å²) in [5, 5.41) is 1.37. The van der Waals surface area contributed by atoms with Gasteiger partial charge in [-0.25, -0.2) is 9.18 Å². The van der Waals surface area contributed by atoms with Crippen molar-refractivity contribution >= 4 is 16.7 Å². The monoisotopic (exact) mass is 368 g/mol. The van der Waals surface area contributed by atoms with Crippen molar-refractivity contribution in [1.82, 2.24) is 0 Å². The summed E-state index contributed by atoms with van der Waals surface area (Å²) < 4.78 is 20.1. The summed E-state index contributed by atoms with van der Waals surface area (Å²) in [6.07, 6.45) is 8.82. The molecule has 2 aromatic carbocycles. The van der Waals surface area contributed by atoms with Gasteiger partial charge in [-0.1, -0.05) is 38.0 Å². The van der Waals surface area contributed by atoms with Gasteiger partial charge in [0.25, 0.3) is 0 Å². The van der Waals surface area contributed by atoms with Crippen LogP contribution in [0.25, 0.3) is 10.8 Å². The number of methoxy groups -OCH3 is 1. The number of esters is 1. The average Bonchev–Trinajstić information content (AvgIpc) is 2.72. The molecule has 0 N–H and O–H groups in total. The van der Waals surface area contributed by atoms with Crippen LogP contribution >= 0.6 is 0 Å².